The Morgan fingerprint density at radius 1 is 0.782 bits per heavy atom. The van der Waals surface area contributed by atoms with Gasteiger partial charge in [-0.05, 0) is 132 Å². The van der Waals surface area contributed by atoms with Crippen molar-refractivity contribution < 1.29 is 70.0 Å². The second-order valence-electron chi connectivity index (χ2n) is 19.2. The van der Waals surface area contributed by atoms with Crippen LogP contribution in [-0.2, 0) is 48.2 Å². The van der Waals surface area contributed by atoms with Crippen LogP contribution in [0.3, 0.4) is 0 Å². The third-order valence-corrected chi connectivity index (χ3v) is 15.1. The zero-order chi connectivity index (χ0) is 39.6. The summed E-state index contributed by atoms with van der Waals surface area (Å²) in [5.41, 5.74) is -4.44. The highest BCUT2D eigenvalue weighted by atomic mass is 32.2. The predicted octanol–water partition coefficient (Wildman–Crippen LogP) is 4.74. The summed E-state index contributed by atoms with van der Waals surface area (Å²) in [7, 11) is -6.04. The molecule has 1 saturated heterocycles. The quantitative estimate of drug-likeness (QED) is 0.156. The van der Waals surface area contributed by atoms with Crippen LogP contribution in [0.5, 0.6) is 0 Å². The Morgan fingerprint density at radius 2 is 1.35 bits per heavy atom. The summed E-state index contributed by atoms with van der Waals surface area (Å²) in [6.07, 6.45) is 7.00. The molecule has 12 atom stereocenters. The van der Waals surface area contributed by atoms with Gasteiger partial charge in [0, 0.05) is 0 Å². The molecule has 12 unspecified atom stereocenters. The van der Waals surface area contributed by atoms with E-state index in [1.54, 1.807) is 0 Å². The third kappa shape index (κ3) is 8.33. The molecule has 0 amide bonds. The number of hydrogen-bond acceptors (Lipinski definition) is 12. The zero-order valence-electron chi connectivity index (χ0n) is 31.9. The molecule has 312 valence electrons. The number of esters is 3. The van der Waals surface area contributed by atoms with E-state index >= 15 is 0 Å². The third-order valence-electron chi connectivity index (χ3n) is 14.3. The lowest BCUT2D eigenvalue weighted by atomic mass is 9.58. The number of hydrogen-bond donors (Lipinski definition) is 3. The molecule has 0 spiro atoms. The fraction of sp³-hybridized carbons (Fsp3) is 0.923. The molecule has 7 aliphatic rings. The Bertz CT molecular complexity index is 1480. The number of halogens is 2. The summed E-state index contributed by atoms with van der Waals surface area (Å²) < 4.78 is 90.5. The standard InChI is InChI=1S/C39H58F2O13S/c1-23-6-26-9-29(42)17-35(11-23,13-26)32(44)51-21-38(22-52-33(45)36-12-24(2)7-27(14-36)10-30(43)18-36)20-50-31(19-53-38)28-8-25-4-3-5-37(15-25,16-28)54-34(46)39(40,41)55(47,48)49/h23-31,42-43H,3-22H2,1-2H3,(H,47,48,49). The van der Waals surface area contributed by atoms with Crippen LogP contribution in [0.25, 0.3) is 0 Å². The van der Waals surface area contributed by atoms with E-state index in [1.165, 1.54) is 0 Å². The molecule has 6 bridgehead atoms. The number of carbonyl (C=O) groups excluding carboxylic acids is 3. The summed E-state index contributed by atoms with van der Waals surface area (Å²) in [6.45, 7) is 3.47. The first-order valence-corrected chi connectivity index (χ1v) is 21.7. The van der Waals surface area contributed by atoms with Crippen molar-refractivity contribution in [3.8, 4) is 0 Å². The first kappa shape index (κ1) is 41.2. The monoisotopic (exact) mass is 804 g/mol. The molecule has 6 aliphatic carbocycles. The van der Waals surface area contributed by atoms with Crippen molar-refractivity contribution in [1.29, 1.82) is 0 Å². The molecule has 0 aromatic heterocycles. The molecule has 0 aromatic carbocycles. The van der Waals surface area contributed by atoms with Crippen molar-refractivity contribution >= 4 is 28.0 Å². The van der Waals surface area contributed by atoms with E-state index in [0.717, 1.165) is 19.3 Å². The van der Waals surface area contributed by atoms with Gasteiger partial charge in [-0.2, -0.15) is 17.2 Å². The maximum Gasteiger partial charge on any atom is 0.465 e. The van der Waals surface area contributed by atoms with E-state index in [2.05, 4.69) is 13.8 Å². The van der Waals surface area contributed by atoms with Crippen LogP contribution in [-0.4, -0.2) is 102 Å². The van der Waals surface area contributed by atoms with E-state index in [4.69, 9.17) is 28.2 Å². The minimum absolute atomic E-state index is 0.0181. The molecular formula is C39H58F2O13S. The SMILES string of the molecule is CC1CC2CC(O)CC(C(=O)OCC3(COC(=O)C45CC(C)CC(CC(O)C4)C5)COC(C4CC5CCCC(OC(=O)C(F)(F)S(=O)(=O)O)(C5)C4)CO3)(C1)C2. The second kappa shape index (κ2) is 15.0. The molecule has 0 aromatic rings. The molecule has 13 nitrogen and oxygen atoms in total. The van der Waals surface area contributed by atoms with Crippen LogP contribution in [0.4, 0.5) is 8.78 Å². The van der Waals surface area contributed by atoms with Gasteiger partial charge in [-0.15, -0.1) is 0 Å². The average molecular weight is 805 g/mol. The average Bonchev–Trinajstić information content (AvgIpc) is 3.07. The first-order chi connectivity index (χ1) is 25.7. The zero-order valence-corrected chi connectivity index (χ0v) is 32.7. The summed E-state index contributed by atoms with van der Waals surface area (Å²) in [5.74, 6) is -2.52. The van der Waals surface area contributed by atoms with Crippen molar-refractivity contribution in [2.75, 3.05) is 26.4 Å². The van der Waals surface area contributed by atoms with Crippen LogP contribution in [0.2, 0.25) is 0 Å². The second-order valence-corrected chi connectivity index (χ2v) is 20.7. The van der Waals surface area contributed by atoms with Crippen molar-refractivity contribution in [3.05, 3.63) is 0 Å². The molecule has 16 heteroatoms. The van der Waals surface area contributed by atoms with Gasteiger partial charge >= 0.3 is 33.3 Å². The number of alkyl halides is 2. The van der Waals surface area contributed by atoms with Crippen LogP contribution in [0.15, 0.2) is 0 Å². The topological polar surface area (TPSA) is 192 Å². The minimum atomic E-state index is -6.04. The van der Waals surface area contributed by atoms with Crippen molar-refractivity contribution in [2.45, 2.75) is 151 Å². The Kier molecular flexibility index (Phi) is 11.2. The van der Waals surface area contributed by atoms with E-state index in [-0.39, 0.29) is 81.2 Å². The molecule has 7 fully saturated rings. The molecule has 1 heterocycles. The van der Waals surface area contributed by atoms with E-state index in [1.807, 2.05) is 0 Å². The molecule has 7 rings (SSSR count). The summed E-state index contributed by atoms with van der Waals surface area (Å²) >= 11 is 0. The Morgan fingerprint density at radius 3 is 1.85 bits per heavy atom. The van der Waals surface area contributed by atoms with Crippen LogP contribution in [0, 0.1) is 46.3 Å². The Hall–Kier alpha value is -1.98. The van der Waals surface area contributed by atoms with Crippen molar-refractivity contribution in [3.63, 3.8) is 0 Å². The molecular weight excluding hydrogens is 746 g/mol. The van der Waals surface area contributed by atoms with Crippen molar-refractivity contribution in [2.24, 2.45) is 46.3 Å². The van der Waals surface area contributed by atoms with Gasteiger partial charge in [0.2, 0.25) is 0 Å². The number of aliphatic hydroxyl groups is 2. The van der Waals surface area contributed by atoms with E-state index in [9.17, 15) is 41.8 Å². The van der Waals surface area contributed by atoms with E-state index in [0.29, 0.717) is 64.2 Å². The first-order valence-electron chi connectivity index (χ1n) is 20.3. The van der Waals surface area contributed by atoms with Gasteiger partial charge in [-0.3, -0.25) is 14.1 Å². The fourth-order valence-corrected chi connectivity index (χ4v) is 12.7. The van der Waals surface area contributed by atoms with Crippen LogP contribution < -0.4 is 0 Å². The van der Waals surface area contributed by atoms with Gasteiger partial charge in [0.1, 0.15) is 18.8 Å². The fourth-order valence-electron chi connectivity index (χ4n) is 12.5. The molecule has 1 aliphatic heterocycles. The van der Waals surface area contributed by atoms with Gasteiger partial charge < -0.3 is 33.9 Å². The summed E-state index contributed by atoms with van der Waals surface area (Å²) in [6, 6.07) is 0. The number of rotatable bonds is 10. The molecule has 0 radical (unpaired) electrons. The number of ether oxygens (including phenoxy) is 5. The molecule has 55 heavy (non-hydrogen) atoms. The smallest absolute Gasteiger partial charge is 0.462 e. The predicted molar refractivity (Wildman–Crippen MR) is 189 cm³/mol. The highest BCUT2D eigenvalue weighted by molar-refractivity contribution is 7.87. The lowest BCUT2D eigenvalue weighted by Crippen LogP contribution is -2.58. The molecule has 6 saturated carbocycles. The highest BCUT2D eigenvalue weighted by Crippen LogP contribution is 2.54. The number of fused-ring (bicyclic) bond motifs is 6. The van der Waals surface area contributed by atoms with Gasteiger partial charge in [-0.25, -0.2) is 4.79 Å². The highest BCUT2D eigenvalue weighted by Gasteiger charge is 2.59. The van der Waals surface area contributed by atoms with Crippen LogP contribution >= 0.6 is 0 Å². The lowest BCUT2D eigenvalue weighted by Gasteiger charge is -2.51. The summed E-state index contributed by atoms with van der Waals surface area (Å²) in [4.78, 5) is 40.4. The lowest BCUT2D eigenvalue weighted by molar-refractivity contribution is -0.249. The number of carbonyl (C=O) groups is 3. The van der Waals surface area contributed by atoms with Gasteiger partial charge in [0.25, 0.3) is 0 Å². The number of aliphatic hydroxyl groups excluding tert-OH is 2. The Balaban J connectivity index is 1.07. The van der Waals surface area contributed by atoms with Crippen molar-refractivity contribution in [1.82, 2.24) is 0 Å². The van der Waals surface area contributed by atoms with Gasteiger partial charge in [0.15, 0.2) is 5.60 Å². The van der Waals surface area contributed by atoms with Gasteiger partial charge in [-0.1, -0.05) is 20.3 Å². The van der Waals surface area contributed by atoms with E-state index < -0.39 is 73.6 Å². The maximum absolute atomic E-state index is 14.3. The molecule has 3 N–H and O–H groups in total. The van der Waals surface area contributed by atoms with Gasteiger partial charge in [0.05, 0.1) is 42.4 Å². The summed E-state index contributed by atoms with van der Waals surface area (Å²) in [5, 5.41) is 16.3. The largest absolute Gasteiger partial charge is 0.465 e. The van der Waals surface area contributed by atoms with Crippen LogP contribution in [0.1, 0.15) is 117 Å². The normalized spacial score (nSPS) is 44.5. The minimum Gasteiger partial charge on any atom is -0.462 e. The Labute approximate surface area is 321 Å². The maximum atomic E-state index is 14.3.